The number of nitrogens with one attached hydrogen (secondary N) is 1. The monoisotopic (exact) mass is 407 g/mol. The average Bonchev–Trinajstić information content (AvgIpc) is 3.13. The fourth-order valence-electron chi connectivity index (χ4n) is 3.39. The van der Waals surface area contributed by atoms with Gasteiger partial charge in [-0.2, -0.15) is 0 Å². The van der Waals surface area contributed by atoms with E-state index >= 15 is 0 Å². The van der Waals surface area contributed by atoms with E-state index in [1.54, 1.807) is 7.11 Å². The molecule has 0 aliphatic carbocycles. The zero-order valence-electron chi connectivity index (χ0n) is 18.0. The molecule has 0 saturated carbocycles. The molecule has 0 saturated heterocycles. The molecule has 0 unspecified atom stereocenters. The zero-order valence-corrected chi connectivity index (χ0v) is 18.0. The van der Waals surface area contributed by atoms with E-state index in [1.165, 1.54) is 4.57 Å². The third kappa shape index (κ3) is 4.82. The average molecular weight is 408 g/mol. The van der Waals surface area contributed by atoms with Crippen molar-refractivity contribution < 1.29 is 9.53 Å². The molecule has 3 aromatic rings. The van der Waals surface area contributed by atoms with Gasteiger partial charge in [0.15, 0.2) is 0 Å². The molecular formula is C24H29N3O3. The summed E-state index contributed by atoms with van der Waals surface area (Å²) >= 11 is 0. The first kappa shape index (κ1) is 21.4. The van der Waals surface area contributed by atoms with Crippen LogP contribution in [0, 0.1) is 0 Å². The maximum atomic E-state index is 13.3. The Balaban J connectivity index is 2.16. The summed E-state index contributed by atoms with van der Waals surface area (Å²) in [6.07, 6.45) is 10.0. The van der Waals surface area contributed by atoms with Gasteiger partial charge in [-0.15, -0.1) is 0 Å². The molecule has 0 fully saturated rings. The van der Waals surface area contributed by atoms with Crippen LogP contribution in [-0.4, -0.2) is 28.0 Å². The Morgan fingerprint density at radius 2 is 2.03 bits per heavy atom. The Hall–Kier alpha value is -3.28. The van der Waals surface area contributed by atoms with Crippen LogP contribution in [0.15, 0.2) is 53.6 Å². The molecule has 0 atom stereocenters. The van der Waals surface area contributed by atoms with Crippen molar-refractivity contribution in [1.29, 1.82) is 0 Å². The van der Waals surface area contributed by atoms with Crippen LogP contribution in [0.4, 0.5) is 0 Å². The van der Waals surface area contributed by atoms with Gasteiger partial charge in [-0.05, 0) is 44.0 Å². The molecule has 2 heterocycles. The number of allylic oxidation sites excluding steroid dienone is 1. The Bertz CT molecular complexity index is 1120. The summed E-state index contributed by atoms with van der Waals surface area (Å²) in [5.41, 5.74) is 2.76. The number of rotatable bonds is 8. The number of hydrogen-bond donors (Lipinski definition) is 1. The van der Waals surface area contributed by atoms with Crippen LogP contribution in [0.25, 0.3) is 22.9 Å². The molecule has 6 heteroatoms. The third-order valence-electron chi connectivity index (χ3n) is 4.77. The number of hydrogen-bond acceptors (Lipinski definition) is 3. The summed E-state index contributed by atoms with van der Waals surface area (Å²) in [7, 11) is 1.60. The lowest BCUT2D eigenvalue weighted by Gasteiger charge is -2.16. The number of nitrogens with zero attached hydrogens (tertiary/aromatic N) is 2. The number of ether oxygens (including phenoxy) is 1. The van der Waals surface area contributed by atoms with Gasteiger partial charge in [0, 0.05) is 24.0 Å². The lowest BCUT2D eigenvalue weighted by molar-refractivity contribution is -0.122. The van der Waals surface area contributed by atoms with E-state index < -0.39 is 0 Å². The van der Waals surface area contributed by atoms with Gasteiger partial charge in [0.2, 0.25) is 5.91 Å². The molecule has 3 rings (SSSR count). The standard InChI is InChI=1S/C24H29N3O3/c1-5-6-7-9-18-12-21-24(29)27(16-23(28)25-17(2)3)22(15-26(21)14-18)19-10-8-11-20(13-19)30-4/h7-15,17H,5-6,16H2,1-4H3,(H,25,28)/b9-7+. The summed E-state index contributed by atoms with van der Waals surface area (Å²) in [4.78, 5) is 25.8. The van der Waals surface area contributed by atoms with Crippen molar-refractivity contribution in [3.8, 4) is 17.0 Å². The van der Waals surface area contributed by atoms with Crippen molar-refractivity contribution in [2.45, 2.75) is 46.2 Å². The minimum atomic E-state index is -0.204. The van der Waals surface area contributed by atoms with Gasteiger partial charge in [-0.3, -0.25) is 14.2 Å². The third-order valence-corrected chi connectivity index (χ3v) is 4.77. The summed E-state index contributed by atoms with van der Waals surface area (Å²) in [6, 6.07) is 9.36. The van der Waals surface area contributed by atoms with E-state index in [9.17, 15) is 9.59 Å². The molecule has 0 aliphatic rings. The van der Waals surface area contributed by atoms with Crippen LogP contribution in [0.2, 0.25) is 0 Å². The minimum Gasteiger partial charge on any atom is -0.497 e. The first-order valence-electron chi connectivity index (χ1n) is 10.3. The number of unbranched alkanes of at least 4 members (excludes halogenated alkanes) is 1. The number of aromatic nitrogens is 2. The quantitative estimate of drug-likeness (QED) is 0.611. The van der Waals surface area contributed by atoms with E-state index in [4.69, 9.17) is 4.74 Å². The van der Waals surface area contributed by atoms with E-state index in [1.807, 2.05) is 67.0 Å². The van der Waals surface area contributed by atoms with Crippen molar-refractivity contribution in [3.63, 3.8) is 0 Å². The first-order chi connectivity index (χ1) is 14.4. The largest absolute Gasteiger partial charge is 0.497 e. The Labute approximate surface area is 176 Å². The lowest BCUT2D eigenvalue weighted by atomic mass is 10.1. The molecular weight excluding hydrogens is 378 g/mol. The molecule has 2 aromatic heterocycles. The zero-order chi connectivity index (χ0) is 21.7. The Morgan fingerprint density at radius 1 is 1.23 bits per heavy atom. The normalized spacial score (nSPS) is 11.5. The van der Waals surface area contributed by atoms with Gasteiger partial charge in [-0.25, -0.2) is 0 Å². The second-order valence-electron chi connectivity index (χ2n) is 7.62. The van der Waals surface area contributed by atoms with Gasteiger partial charge in [-0.1, -0.05) is 37.6 Å². The predicted octanol–water partition coefficient (Wildman–Crippen LogP) is 4.11. The van der Waals surface area contributed by atoms with Crippen molar-refractivity contribution in [2.75, 3.05) is 7.11 Å². The molecule has 0 aliphatic heterocycles. The number of fused-ring (bicyclic) bond motifs is 1. The summed E-state index contributed by atoms with van der Waals surface area (Å²) < 4.78 is 8.71. The topological polar surface area (TPSA) is 64.7 Å². The molecule has 1 N–H and O–H groups in total. The number of carbonyl (C=O) groups is 1. The smallest absolute Gasteiger partial charge is 0.275 e. The fraction of sp³-hybridized carbons (Fsp3) is 0.333. The van der Waals surface area contributed by atoms with Crippen LogP contribution >= 0.6 is 0 Å². The Kier molecular flexibility index (Phi) is 6.77. The van der Waals surface area contributed by atoms with Crippen molar-refractivity contribution in [1.82, 2.24) is 14.3 Å². The molecule has 0 radical (unpaired) electrons. The first-order valence-corrected chi connectivity index (χ1v) is 10.3. The van der Waals surface area contributed by atoms with Crippen LogP contribution < -0.4 is 15.6 Å². The van der Waals surface area contributed by atoms with Crippen molar-refractivity contribution in [2.24, 2.45) is 0 Å². The molecule has 30 heavy (non-hydrogen) atoms. The van der Waals surface area contributed by atoms with Gasteiger partial charge in [0.25, 0.3) is 5.56 Å². The molecule has 0 bridgehead atoms. The number of amides is 1. The van der Waals surface area contributed by atoms with Gasteiger partial charge >= 0.3 is 0 Å². The maximum absolute atomic E-state index is 13.3. The SMILES string of the molecule is CCC/C=C/c1cc2c(=O)n(CC(=O)NC(C)C)c(-c3cccc(OC)c3)cn2c1. The summed E-state index contributed by atoms with van der Waals surface area (Å²) in [5.74, 6) is 0.490. The fourth-order valence-corrected chi connectivity index (χ4v) is 3.39. The number of benzene rings is 1. The van der Waals surface area contributed by atoms with Crippen LogP contribution in [0.3, 0.4) is 0 Å². The van der Waals surface area contributed by atoms with Gasteiger partial charge in [0.1, 0.15) is 17.8 Å². The molecule has 6 nitrogen and oxygen atoms in total. The summed E-state index contributed by atoms with van der Waals surface area (Å²) in [6.45, 7) is 5.87. The highest BCUT2D eigenvalue weighted by molar-refractivity contribution is 5.77. The predicted molar refractivity (Wildman–Crippen MR) is 121 cm³/mol. The lowest BCUT2D eigenvalue weighted by Crippen LogP contribution is -2.36. The summed E-state index contributed by atoms with van der Waals surface area (Å²) in [5, 5.41) is 2.87. The van der Waals surface area contributed by atoms with E-state index in [0.29, 0.717) is 17.0 Å². The second kappa shape index (κ2) is 9.48. The molecule has 0 spiro atoms. The highest BCUT2D eigenvalue weighted by Crippen LogP contribution is 2.24. The van der Waals surface area contributed by atoms with Gasteiger partial charge < -0.3 is 14.5 Å². The number of methoxy groups -OCH3 is 1. The van der Waals surface area contributed by atoms with E-state index in [0.717, 1.165) is 24.0 Å². The van der Waals surface area contributed by atoms with Crippen molar-refractivity contribution >= 4 is 17.5 Å². The Morgan fingerprint density at radius 3 is 2.73 bits per heavy atom. The van der Waals surface area contributed by atoms with Crippen LogP contribution in [0.5, 0.6) is 5.75 Å². The number of carbonyl (C=O) groups excluding carboxylic acids is 1. The van der Waals surface area contributed by atoms with E-state index in [2.05, 4.69) is 18.3 Å². The van der Waals surface area contributed by atoms with Gasteiger partial charge in [0.05, 0.1) is 12.8 Å². The van der Waals surface area contributed by atoms with Crippen LogP contribution in [0.1, 0.15) is 39.2 Å². The molecule has 1 amide bonds. The second-order valence-corrected chi connectivity index (χ2v) is 7.62. The van der Waals surface area contributed by atoms with E-state index in [-0.39, 0.29) is 24.1 Å². The maximum Gasteiger partial charge on any atom is 0.275 e. The highest BCUT2D eigenvalue weighted by Gasteiger charge is 2.16. The minimum absolute atomic E-state index is 0.000748. The van der Waals surface area contributed by atoms with Crippen LogP contribution in [-0.2, 0) is 11.3 Å². The van der Waals surface area contributed by atoms with Crippen molar-refractivity contribution in [3.05, 3.63) is 64.7 Å². The molecule has 1 aromatic carbocycles. The molecule has 158 valence electrons. The highest BCUT2D eigenvalue weighted by atomic mass is 16.5.